The van der Waals surface area contributed by atoms with Crippen LogP contribution in [0.5, 0.6) is 11.5 Å². The van der Waals surface area contributed by atoms with Gasteiger partial charge in [0.2, 0.25) is 11.2 Å². The number of rotatable bonds is 16. The molecule has 2 unspecified atom stereocenters. The number of H-pyrrole nitrogens is 1. The van der Waals surface area contributed by atoms with Crippen LogP contribution in [0.1, 0.15) is 70.0 Å². The Morgan fingerprint density at radius 2 is 1.45 bits per heavy atom. The second-order valence-corrected chi connectivity index (χ2v) is 17.1. The van der Waals surface area contributed by atoms with Crippen molar-refractivity contribution in [1.29, 1.82) is 0 Å². The first-order chi connectivity index (χ1) is 31.1. The van der Waals surface area contributed by atoms with E-state index in [9.17, 15) is 29.7 Å². The van der Waals surface area contributed by atoms with E-state index in [1.165, 1.54) is 17.7 Å². The average Bonchev–Trinajstić information content (AvgIpc) is 3.33. The van der Waals surface area contributed by atoms with Crippen molar-refractivity contribution in [2.45, 2.75) is 50.5 Å². The molecule has 8 rings (SSSR count). The summed E-state index contributed by atoms with van der Waals surface area (Å²) in [6.07, 6.45) is 2.59. The van der Waals surface area contributed by atoms with Crippen molar-refractivity contribution in [1.82, 2.24) is 20.1 Å². The van der Waals surface area contributed by atoms with Gasteiger partial charge in [-0.3, -0.25) is 14.5 Å². The van der Waals surface area contributed by atoms with Gasteiger partial charge in [0.05, 0.1) is 18.2 Å². The molecular weight excluding hydrogens is 809 g/mol. The smallest absolute Gasteiger partial charge is 0.347 e. The van der Waals surface area contributed by atoms with E-state index < -0.39 is 17.7 Å². The molecule has 0 bridgehead atoms. The third-order valence-corrected chi connectivity index (χ3v) is 12.7. The minimum absolute atomic E-state index is 0.0490. The van der Waals surface area contributed by atoms with Crippen LogP contribution in [0.15, 0.2) is 138 Å². The summed E-state index contributed by atoms with van der Waals surface area (Å²) in [6, 6.07) is 39.7. The highest BCUT2D eigenvalue weighted by Crippen LogP contribution is 2.34. The molecule has 5 aromatic carbocycles. The Balaban J connectivity index is 0.827. The molecule has 12 heteroatoms. The number of aliphatic hydroxyl groups is 2. The molecular formula is C52H56N4O8. The van der Waals surface area contributed by atoms with Crippen LogP contribution in [0.3, 0.4) is 0 Å². The number of phenolic OH excluding ortho intramolecular Hbond substituents is 1. The number of aromatic nitrogens is 1. The molecule has 0 radical (unpaired) electrons. The summed E-state index contributed by atoms with van der Waals surface area (Å²) < 4.78 is 12.1. The number of benzene rings is 5. The molecule has 0 spiro atoms. The molecule has 2 saturated heterocycles. The zero-order chi connectivity index (χ0) is 44.5. The van der Waals surface area contributed by atoms with E-state index in [1.807, 2.05) is 41.3 Å². The Labute approximate surface area is 373 Å². The van der Waals surface area contributed by atoms with Gasteiger partial charge in [0.15, 0.2) is 0 Å². The number of likely N-dealkylation sites (tertiary alicyclic amines) is 2. The maximum atomic E-state index is 13.9. The maximum Gasteiger partial charge on any atom is 0.347 e. The van der Waals surface area contributed by atoms with Crippen LogP contribution in [0.25, 0.3) is 10.9 Å². The number of piperidine rings is 2. The van der Waals surface area contributed by atoms with Crippen molar-refractivity contribution in [3.63, 3.8) is 0 Å². The summed E-state index contributed by atoms with van der Waals surface area (Å²) in [7, 11) is 0. The molecule has 2 atom stereocenters. The fraction of sp³-hybridized carbons (Fsp3) is 0.327. The molecule has 2 fully saturated rings. The zero-order valence-electron chi connectivity index (χ0n) is 35.9. The number of aliphatic hydroxyl groups excluding tert-OH is 1. The van der Waals surface area contributed by atoms with Crippen molar-refractivity contribution in [3.05, 3.63) is 177 Å². The van der Waals surface area contributed by atoms with Gasteiger partial charge >= 0.3 is 5.97 Å². The number of amides is 1. The number of aromatic amines is 1. The predicted molar refractivity (Wildman–Crippen MR) is 245 cm³/mol. The van der Waals surface area contributed by atoms with E-state index in [4.69, 9.17) is 9.47 Å². The summed E-state index contributed by atoms with van der Waals surface area (Å²) in [5, 5.41) is 37.3. The van der Waals surface area contributed by atoms with Crippen LogP contribution in [0, 0.1) is 11.8 Å². The van der Waals surface area contributed by atoms with Crippen LogP contribution in [-0.2, 0) is 28.3 Å². The molecule has 12 nitrogen and oxygen atoms in total. The van der Waals surface area contributed by atoms with Gasteiger partial charge in [-0.15, -0.1) is 0 Å². The number of hydrogen-bond acceptors (Lipinski definition) is 10. The molecule has 1 amide bonds. The molecule has 64 heavy (non-hydrogen) atoms. The fourth-order valence-corrected chi connectivity index (χ4v) is 8.91. The molecule has 332 valence electrons. The second-order valence-electron chi connectivity index (χ2n) is 17.1. The SMILES string of the molecule is O=C(c1cccc(COc2cccc(C(O)(C(=O)OCC3CCN(Cc4ccccc4)CC3)c3ccccc3)c2)c1)N1CCC(CNCC(O)c2ccc(O)c3[nH]c(=O)ccc23)CC1. The monoisotopic (exact) mass is 864 g/mol. The largest absolute Gasteiger partial charge is 0.506 e. The van der Waals surface area contributed by atoms with Crippen LogP contribution >= 0.6 is 0 Å². The van der Waals surface area contributed by atoms with Crippen LogP contribution < -0.4 is 15.6 Å². The van der Waals surface area contributed by atoms with Crippen molar-refractivity contribution in [2.24, 2.45) is 11.8 Å². The van der Waals surface area contributed by atoms with E-state index in [2.05, 4.69) is 39.5 Å². The average molecular weight is 865 g/mol. The highest BCUT2D eigenvalue weighted by molar-refractivity contribution is 5.94. The highest BCUT2D eigenvalue weighted by atomic mass is 16.5. The maximum absolute atomic E-state index is 13.9. The first-order valence-corrected chi connectivity index (χ1v) is 22.2. The highest BCUT2D eigenvalue weighted by Gasteiger charge is 2.42. The lowest BCUT2D eigenvalue weighted by atomic mass is 9.86. The number of carbonyl (C=O) groups is 2. The fourth-order valence-electron chi connectivity index (χ4n) is 8.91. The van der Waals surface area contributed by atoms with Gasteiger partial charge in [-0.2, -0.15) is 0 Å². The van der Waals surface area contributed by atoms with Gasteiger partial charge < -0.3 is 40.0 Å². The van der Waals surface area contributed by atoms with Crippen LogP contribution in [-0.4, -0.2) is 87.9 Å². The van der Waals surface area contributed by atoms with Crippen molar-refractivity contribution >= 4 is 22.8 Å². The standard InChI is InChI=1S/C52H56N4O8/c57-46-19-17-44(45-18-20-48(59)54-49(45)46)47(58)32-53-31-36-23-27-56(28-24-36)50(60)40-12-7-11-39(29-40)35-63-43-16-8-15-42(30-43)52(62,41-13-5-2-6-14-41)51(61)64-34-38-21-25-55(26-22-38)33-37-9-3-1-4-10-37/h1-20,29-30,36,38,47,53,57-58,62H,21-28,31-35H2,(H,54,59). The Hall–Kier alpha value is -6.31. The second kappa shape index (κ2) is 20.5. The lowest BCUT2D eigenvalue weighted by Gasteiger charge is -2.33. The normalized spacial score (nSPS) is 16.6. The topological polar surface area (TPSA) is 165 Å². The number of phenols is 1. The number of fused-ring (bicyclic) bond motifs is 1. The third-order valence-electron chi connectivity index (χ3n) is 12.7. The Bertz CT molecular complexity index is 2570. The van der Waals surface area contributed by atoms with Crippen LogP contribution in [0.2, 0.25) is 0 Å². The predicted octanol–water partition coefficient (Wildman–Crippen LogP) is 6.68. The summed E-state index contributed by atoms with van der Waals surface area (Å²) in [5.41, 5.74) is 1.92. The Kier molecular flexibility index (Phi) is 14.2. The number of nitrogens with one attached hydrogen (secondary N) is 2. The minimum Gasteiger partial charge on any atom is -0.506 e. The van der Waals surface area contributed by atoms with E-state index in [0.29, 0.717) is 71.0 Å². The van der Waals surface area contributed by atoms with Crippen molar-refractivity contribution in [3.8, 4) is 11.5 Å². The molecule has 0 aliphatic carbocycles. The molecule has 0 saturated carbocycles. The summed E-state index contributed by atoms with van der Waals surface area (Å²) in [6.45, 7) is 5.32. The molecule has 5 N–H and O–H groups in total. The van der Waals surface area contributed by atoms with Crippen LogP contribution in [0.4, 0.5) is 0 Å². The Morgan fingerprint density at radius 1 is 0.766 bits per heavy atom. The van der Waals surface area contributed by atoms with E-state index in [1.54, 1.807) is 60.7 Å². The number of nitrogens with zero attached hydrogens (tertiary/aromatic N) is 2. The number of hydrogen-bond donors (Lipinski definition) is 5. The first-order valence-electron chi connectivity index (χ1n) is 22.2. The van der Waals surface area contributed by atoms with Gasteiger partial charge in [-0.25, -0.2) is 4.79 Å². The number of ether oxygens (including phenoxy) is 2. The Morgan fingerprint density at radius 3 is 2.22 bits per heavy atom. The minimum atomic E-state index is -2.06. The quantitative estimate of drug-likeness (QED) is 0.0664. The van der Waals surface area contributed by atoms with E-state index in [-0.39, 0.29) is 36.3 Å². The summed E-state index contributed by atoms with van der Waals surface area (Å²) in [5.74, 6) is 0.158. The van der Waals surface area contributed by atoms with Crippen molar-refractivity contribution in [2.75, 3.05) is 45.9 Å². The molecule has 2 aliphatic heterocycles. The lowest BCUT2D eigenvalue weighted by molar-refractivity contribution is -0.164. The number of aromatic hydroxyl groups is 1. The van der Waals surface area contributed by atoms with E-state index in [0.717, 1.165) is 50.9 Å². The lowest BCUT2D eigenvalue weighted by Crippen LogP contribution is -2.41. The number of pyridine rings is 1. The summed E-state index contributed by atoms with van der Waals surface area (Å²) in [4.78, 5) is 46.3. The van der Waals surface area contributed by atoms with E-state index >= 15 is 0 Å². The third kappa shape index (κ3) is 10.5. The zero-order valence-corrected chi connectivity index (χ0v) is 35.9. The van der Waals surface area contributed by atoms with Gasteiger partial charge in [-0.05, 0) is 116 Å². The number of esters is 1. The first kappa shape index (κ1) is 44.3. The molecule has 3 heterocycles. The van der Waals surface area contributed by atoms with Gasteiger partial charge in [-0.1, -0.05) is 91.0 Å². The summed E-state index contributed by atoms with van der Waals surface area (Å²) >= 11 is 0. The van der Waals surface area contributed by atoms with Gasteiger partial charge in [0.25, 0.3) is 5.91 Å². The van der Waals surface area contributed by atoms with Crippen molar-refractivity contribution < 1.29 is 34.4 Å². The van der Waals surface area contributed by atoms with Gasteiger partial charge in [0.1, 0.15) is 18.1 Å². The molecule has 1 aromatic heterocycles. The molecule has 6 aromatic rings. The number of carbonyl (C=O) groups excluding carboxylic acids is 2. The van der Waals surface area contributed by atoms with Gasteiger partial charge in [0, 0.05) is 48.8 Å². The molecule has 2 aliphatic rings.